The number of nitrogens with one attached hydrogen (secondary N) is 1. The summed E-state index contributed by atoms with van der Waals surface area (Å²) < 4.78 is 0. The molecule has 17 heavy (non-hydrogen) atoms. The lowest BCUT2D eigenvalue weighted by molar-refractivity contribution is -0.147. The zero-order valence-electron chi connectivity index (χ0n) is 11.3. The molecule has 100 valence electrons. The van der Waals surface area contributed by atoms with Crippen LogP contribution in [0.15, 0.2) is 0 Å². The topological polar surface area (TPSA) is 52.6 Å². The Morgan fingerprint density at radius 3 is 2.41 bits per heavy atom. The van der Waals surface area contributed by atoms with E-state index in [0.29, 0.717) is 12.8 Å². The molecule has 4 nitrogen and oxygen atoms in total. The lowest BCUT2D eigenvalue weighted by atomic mass is 9.86. The van der Waals surface area contributed by atoms with E-state index in [0.717, 1.165) is 32.5 Å². The van der Waals surface area contributed by atoms with Crippen molar-refractivity contribution in [2.45, 2.75) is 58.0 Å². The summed E-state index contributed by atoms with van der Waals surface area (Å²) in [5.74, 6) is -0.686. The predicted octanol–water partition coefficient (Wildman–Crippen LogP) is 1.70. The summed E-state index contributed by atoms with van der Waals surface area (Å²) in [6, 6.07) is 0.267. The van der Waals surface area contributed by atoms with Gasteiger partial charge in [0.25, 0.3) is 0 Å². The zero-order chi connectivity index (χ0) is 12.9. The number of piperidine rings is 1. The molecule has 1 saturated heterocycles. The zero-order valence-corrected chi connectivity index (χ0v) is 11.3. The van der Waals surface area contributed by atoms with Gasteiger partial charge in [-0.1, -0.05) is 13.8 Å². The fraction of sp³-hybridized carbons (Fsp3) is 0.923. The molecule has 0 spiro atoms. The number of carboxylic acids is 1. The van der Waals surface area contributed by atoms with Gasteiger partial charge in [0.05, 0.1) is 0 Å². The van der Waals surface area contributed by atoms with E-state index in [9.17, 15) is 9.90 Å². The van der Waals surface area contributed by atoms with Crippen LogP contribution < -0.4 is 5.32 Å². The highest BCUT2D eigenvalue weighted by Gasteiger charge is 2.41. The van der Waals surface area contributed by atoms with Crippen LogP contribution in [-0.2, 0) is 4.79 Å². The van der Waals surface area contributed by atoms with E-state index in [1.165, 1.54) is 0 Å². The Hall–Kier alpha value is -0.610. The van der Waals surface area contributed by atoms with Gasteiger partial charge in [0.1, 0.15) is 5.54 Å². The molecule has 0 aliphatic carbocycles. The minimum absolute atomic E-state index is 0.267. The second-order valence-electron chi connectivity index (χ2n) is 5.18. The molecule has 2 N–H and O–H groups in total. The molecule has 0 bridgehead atoms. The Kier molecular flexibility index (Phi) is 5.40. The summed E-state index contributed by atoms with van der Waals surface area (Å²) in [6.07, 6.45) is 3.53. The Morgan fingerprint density at radius 1 is 1.41 bits per heavy atom. The van der Waals surface area contributed by atoms with Gasteiger partial charge in [0, 0.05) is 19.1 Å². The first-order valence-electron chi connectivity index (χ1n) is 6.77. The molecule has 4 heteroatoms. The van der Waals surface area contributed by atoms with Crippen LogP contribution in [0.2, 0.25) is 0 Å². The minimum Gasteiger partial charge on any atom is -0.480 e. The third kappa shape index (κ3) is 3.68. The first-order chi connectivity index (χ1) is 8.04. The number of carboxylic acid groups (broad SMARTS) is 1. The molecular weight excluding hydrogens is 216 g/mol. The summed E-state index contributed by atoms with van der Waals surface area (Å²) in [5, 5.41) is 12.8. The molecule has 0 aromatic rings. The lowest BCUT2D eigenvalue weighted by Gasteiger charge is -2.41. The molecule has 0 aromatic heterocycles. The molecule has 1 unspecified atom stereocenters. The molecule has 1 rings (SSSR count). The maximum Gasteiger partial charge on any atom is 0.324 e. The van der Waals surface area contributed by atoms with Crippen molar-refractivity contribution in [2.24, 2.45) is 0 Å². The maximum atomic E-state index is 11.5. The largest absolute Gasteiger partial charge is 0.480 e. The van der Waals surface area contributed by atoms with E-state index < -0.39 is 11.5 Å². The van der Waals surface area contributed by atoms with Gasteiger partial charge in [-0.3, -0.25) is 10.1 Å². The fourth-order valence-corrected chi connectivity index (χ4v) is 2.47. The summed E-state index contributed by atoms with van der Waals surface area (Å²) in [5.41, 5.74) is -0.695. The highest BCUT2D eigenvalue weighted by molar-refractivity contribution is 5.79. The Balaban J connectivity index is 2.60. The van der Waals surface area contributed by atoms with Gasteiger partial charge in [0.2, 0.25) is 0 Å². The number of rotatable bonds is 6. The first kappa shape index (κ1) is 14.5. The normalized spacial score (nSPS) is 22.3. The average Bonchev–Trinajstić information content (AvgIpc) is 2.31. The second kappa shape index (κ2) is 6.36. The van der Waals surface area contributed by atoms with E-state index >= 15 is 0 Å². The van der Waals surface area contributed by atoms with E-state index in [2.05, 4.69) is 31.0 Å². The molecule has 1 aliphatic heterocycles. The Morgan fingerprint density at radius 2 is 2.00 bits per heavy atom. The molecule has 0 saturated carbocycles. The van der Waals surface area contributed by atoms with Crippen molar-refractivity contribution in [1.29, 1.82) is 0 Å². The van der Waals surface area contributed by atoms with Crippen molar-refractivity contribution < 1.29 is 9.90 Å². The first-order valence-corrected chi connectivity index (χ1v) is 6.77. The van der Waals surface area contributed by atoms with Gasteiger partial charge >= 0.3 is 5.97 Å². The number of carbonyl (C=O) groups is 1. The van der Waals surface area contributed by atoms with Crippen molar-refractivity contribution in [2.75, 3.05) is 19.6 Å². The third-order valence-electron chi connectivity index (χ3n) is 3.79. The van der Waals surface area contributed by atoms with Crippen LogP contribution in [0.4, 0.5) is 0 Å². The quantitative estimate of drug-likeness (QED) is 0.744. The number of hydrogen-bond acceptors (Lipinski definition) is 3. The third-order valence-corrected chi connectivity index (χ3v) is 3.79. The fourth-order valence-electron chi connectivity index (χ4n) is 2.47. The van der Waals surface area contributed by atoms with E-state index in [-0.39, 0.29) is 6.04 Å². The molecule has 1 fully saturated rings. The number of aliphatic carboxylic acids is 1. The van der Waals surface area contributed by atoms with Crippen molar-refractivity contribution >= 4 is 5.97 Å². The van der Waals surface area contributed by atoms with Crippen LogP contribution in [0.25, 0.3) is 0 Å². The predicted molar refractivity (Wildman–Crippen MR) is 69.2 cm³/mol. The molecule has 1 aliphatic rings. The summed E-state index contributed by atoms with van der Waals surface area (Å²) in [7, 11) is 0. The molecule has 1 heterocycles. The molecule has 0 aromatic carbocycles. The van der Waals surface area contributed by atoms with Crippen LogP contribution in [0, 0.1) is 0 Å². The monoisotopic (exact) mass is 242 g/mol. The Bertz CT molecular complexity index is 248. The smallest absolute Gasteiger partial charge is 0.324 e. The van der Waals surface area contributed by atoms with Crippen molar-refractivity contribution in [1.82, 2.24) is 10.2 Å². The van der Waals surface area contributed by atoms with Gasteiger partial charge < -0.3 is 10.0 Å². The number of nitrogens with zero attached hydrogens (tertiary/aromatic N) is 1. The Labute approximate surface area is 104 Å². The molecule has 1 atom stereocenters. The lowest BCUT2D eigenvalue weighted by Crippen LogP contribution is -2.60. The van der Waals surface area contributed by atoms with E-state index in [4.69, 9.17) is 0 Å². The summed E-state index contributed by atoms with van der Waals surface area (Å²) in [4.78, 5) is 13.9. The highest BCUT2D eigenvalue weighted by Crippen LogP contribution is 2.24. The van der Waals surface area contributed by atoms with Crippen LogP contribution in [0.1, 0.15) is 46.5 Å². The van der Waals surface area contributed by atoms with Gasteiger partial charge in [-0.15, -0.1) is 0 Å². The van der Waals surface area contributed by atoms with Crippen LogP contribution in [0.5, 0.6) is 0 Å². The number of likely N-dealkylation sites (tertiary alicyclic amines) is 1. The number of hydrogen-bond donors (Lipinski definition) is 2. The van der Waals surface area contributed by atoms with Gasteiger partial charge in [0.15, 0.2) is 0 Å². The average molecular weight is 242 g/mol. The van der Waals surface area contributed by atoms with Crippen molar-refractivity contribution in [3.05, 3.63) is 0 Å². The van der Waals surface area contributed by atoms with Gasteiger partial charge in [-0.2, -0.15) is 0 Å². The van der Waals surface area contributed by atoms with Gasteiger partial charge in [-0.05, 0) is 39.2 Å². The molecular formula is C13H26N2O2. The molecule has 0 radical (unpaired) electrons. The highest BCUT2D eigenvalue weighted by atomic mass is 16.4. The second-order valence-corrected chi connectivity index (χ2v) is 5.18. The van der Waals surface area contributed by atoms with Crippen molar-refractivity contribution in [3.63, 3.8) is 0 Å². The summed E-state index contributed by atoms with van der Waals surface area (Å²) in [6.45, 7) is 9.17. The van der Waals surface area contributed by atoms with E-state index in [1.54, 1.807) is 0 Å². The van der Waals surface area contributed by atoms with E-state index in [1.807, 2.05) is 0 Å². The van der Waals surface area contributed by atoms with Gasteiger partial charge in [-0.25, -0.2) is 0 Å². The standard InChI is InChI=1S/C13H26N2O2/c1-4-8-15-9-6-13(7-10-15,12(16)17)14-11(3)5-2/h11,14H,4-10H2,1-3H3,(H,16,17). The summed E-state index contributed by atoms with van der Waals surface area (Å²) >= 11 is 0. The molecule has 0 amide bonds. The van der Waals surface area contributed by atoms with Crippen LogP contribution in [-0.4, -0.2) is 47.2 Å². The van der Waals surface area contributed by atoms with Crippen LogP contribution in [0.3, 0.4) is 0 Å². The maximum absolute atomic E-state index is 11.5. The minimum atomic E-state index is -0.695. The SMILES string of the molecule is CCCN1CCC(NC(C)CC)(C(=O)O)CC1. The van der Waals surface area contributed by atoms with Crippen LogP contribution >= 0.6 is 0 Å². The van der Waals surface area contributed by atoms with Crippen molar-refractivity contribution in [3.8, 4) is 0 Å².